The molecule has 0 fully saturated rings. The molecule has 0 N–H and O–H groups in total. The predicted octanol–water partition coefficient (Wildman–Crippen LogP) is 1.47. The molecule has 0 aromatic carbocycles. The van der Waals surface area contributed by atoms with Gasteiger partial charge in [-0.1, -0.05) is 17.7 Å². The Morgan fingerprint density at radius 1 is 1.50 bits per heavy atom. The van der Waals surface area contributed by atoms with Crippen molar-refractivity contribution in [2.75, 3.05) is 11.7 Å². The van der Waals surface area contributed by atoms with E-state index in [1.165, 1.54) is 6.40 Å². The first-order chi connectivity index (χ1) is 5.86. The van der Waals surface area contributed by atoms with Crippen molar-refractivity contribution in [3.63, 3.8) is 0 Å². The maximum atomic E-state index is 5.69. The number of hydrogen-bond acceptors (Lipinski definition) is 4. The van der Waals surface area contributed by atoms with Crippen LogP contribution in [0.15, 0.2) is 23.3 Å². The van der Waals surface area contributed by atoms with Crippen LogP contribution in [0.2, 0.25) is 5.15 Å². The summed E-state index contributed by atoms with van der Waals surface area (Å²) < 4.78 is 4.90. The van der Waals surface area contributed by atoms with Crippen LogP contribution in [-0.4, -0.2) is 18.1 Å². The Morgan fingerprint density at radius 3 is 3.08 bits per heavy atom. The van der Waals surface area contributed by atoms with E-state index in [0.717, 1.165) is 0 Å². The van der Waals surface area contributed by atoms with Crippen molar-refractivity contribution >= 4 is 23.8 Å². The Bertz CT molecular complexity index is 315. The second-order valence-electron chi connectivity index (χ2n) is 2.23. The van der Waals surface area contributed by atoms with Gasteiger partial charge in [-0.3, -0.25) is 0 Å². The standard InChI is InChI=1S/C7H6ClN3O/c8-6-2-1-3-7(10-6)11-5-12-4-9-11/h1-4H,5H2. The molecule has 12 heavy (non-hydrogen) atoms. The number of pyridine rings is 1. The van der Waals surface area contributed by atoms with Crippen molar-refractivity contribution < 1.29 is 4.74 Å². The fourth-order valence-corrected chi connectivity index (χ4v) is 1.05. The van der Waals surface area contributed by atoms with Crippen LogP contribution in [-0.2, 0) is 4.74 Å². The van der Waals surface area contributed by atoms with Gasteiger partial charge in [-0.05, 0) is 12.1 Å². The number of halogens is 1. The molecule has 0 saturated carbocycles. The summed E-state index contributed by atoms with van der Waals surface area (Å²) in [5, 5.41) is 5.98. The summed E-state index contributed by atoms with van der Waals surface area (Å²) in [4.78, 5) is 4.05. The van der Waals surface area contributed by atoms with Gasteiger partial charge < -0.3 is 4.74 Å². The fourth-order valence-electron chi connectivity index (χ4n) is 0.894. The summed E-state index contributed by atoms with van der Waals surface area (Å²) in [6.07, 6.45) is 1.38. The molecular weight excluding hydrogens is 178 g/mol. The van der Waals surface area contributed by atoms with Gasteiger partial charge in [-0.15, -0.1) is 5.10 Å². The molecule has 2 rings (SSSR count). The average molecular weight is 184 g/mol. The van der Waals surface area contributed by atoms with E-state index in [2.05, 4.69) is 10.1 Å². The quantitative estimate of drug-likeness (QED) is 0.619. The highest BCUT2D eigenvalue weighted by molar-refractivity contribution is 6.29. The summed E-state index contributed by atoms with van der Waals surface area (Å²) in [6, 6.07) is 5.35. The predicted molar refractivity (Wildman–Crippen MR) is 46.2 cm³/mol. The molecule has 1 aliphatic heterocycles. The Morgan fingerprint density at radius 2 is 2.42 bits per heavy atom. The smallest absolute Gasteiger partial charge is 0.195 e. The number of aromatic nitrogens is 1. The molecule has 0 unspecified atom stereocenters. The zero-order chi connectivity index (χ0) is 8.39. The van der Waals surface area contributed by atoms with E-state index in [4.69, 9.17) is 16.3 Å². The third kappa shape index (κ3) is 1.33. The maximum absolute atomic E-state index is 5.69. The number of nitrogens with zero attached hydrogens (tertiary/aromatic N) is 3. The highest BCUT2D eigenvalue weighted by atomic mass is 35.5. The van der Waals surface area contributed by atoms with Crippen LogP contribution >= 0.6 is 11.6 Å². The van der Waals surface area contributed by atoms with Crippen molar-refractivity contribution in [3.05, 3.63) is 23.4 Å². The minimum Gasteiger partial charge on any atom is -0.459 e. The number of anilines is 1. The largest absolute Gasteiger partial charge is 0.459 e. The van der Waals surface area contributed by atoms with Gasteiger partial charge in [-0.25, -0.2) is 9.99 Å². The van der Waals surface area contributed by atoms with Gasteiger partial charge in [-0.2, -0.15) is 0 Å². The van der Waals surface area contributed by atoms with E-state index in [-0.39, 0.29) is 0 Å². The van der Waals surface area contributed by atoms with E-state index in [1.807, 2.05) is 12.1 Å². The molecule has 62 valence electrons. The molecule has 5 heteroatoms. The van der Waals surface area contributed by atoms with Crippen molar-refractivity contribution in [2.24, 2.45) is 5.10 Å². The highest BCUT2D eigenvalue weighted by Crippen LogP contribution is 2.15. The molecule has 0 bridgehead atoms. The molecule has 1 aromatic heterocycles. The summed E-state index contributed by atoms with van der Waals surface area (Å²) in [7, 11) is 0. The lowest BCUT2D eigenvalue weighted by atomic mass is 10.4. The number of hydrazone groups is 1. The highest BCUT2D eigenvalue weighted by Gasteiger charge is 2.09. The molecule has 0 atom stereocenters. The molecule has 4 nitrogen and oxygen atoms in total. The topological polar surface area (TPSA) is 37.7 Å². The Balaban J connectivity index is 2.27. The Kier molecular flexibility index (Phi) is 1.83. The van der Waals surface area contributed by atoms with Crippen LogP contribution < -0.4 is 5.01 Å². The third-order valence-corrected chi connectivity index (χ3v) is 1.63. The summed E-state index contributed by atoms with van der Waals surface area (Å²) >= 11 is 5.69. The van der Waals surface area contributed by atoms with E-state index < -0.39 is 0 Å². The van der Waals surface area contributed by atoms with Crippen LogP contribution in [0.3, 0.4) is 0 Å². The van der Waals surface area contributed by atoms with Crippen LogP contribution in [0.25, 0.3) is 0 Å². The van der Waals surface area contributed by atoms with E-state index in [0.29, 0.717) is 17.7 Å². The lowest BCUT2D eigenvalue weighted by Crippen LogP contribution is -2.14. The second kappa shape index (κ2) is 2.98. The van der Waals surface area contributed by atoms with Gasteiger partial charge in [0.05, 0.1) is 0 Å². The average Bonchev–Trinajstić information content (AvgIpc) is 2.56. The molecule has 1 aliphatic rings. The molecule has 0 radical (unpaired) electrons. The van der Waals surface area contributed by atoms with Crippen LogP contribution in [0.1, 0.15) is 0 Å². The third-order valence-electron chi connectivity index (χ3n) is 1.42. The van der Waals surface area contributed by atoms with Crippen molar-refractivity contribution in [1.29, 1.82) is 0 Å². The fraction of sp³-hybridized carbons (Fsp3) is 0.143. The SMILES string of the molecule is Clc1cccc(N2COC=N2)n1. The van der Waals surface area contributed by atoms with Gasteiger partial charge in [0, 0.05) is 0 Å². The van der Waals surface area contributed by atoms with Crippen LogP contribution in [0.5, 0.6) is 0 Å². The minimum absolute atomic E-state index is 0.396. The van der Waals surface area contributed by atoms with Gasteiger partial charge in [0.25, 0.3) is 0 Å². The first kappa shape index (κ1) is 7.36. The van der Waals surface area contributed by atoms with Crippen LogP contribution in [0.4, 0.5) is 5.82 Å². The van der Waals surface area contributed by atoms with Gasteiger partial charge in [0.15, 0.2) is 18.9 Å². The monoisotopic (exact) mass is 183 g/mol. The lowest BCUT2D eigenvalue weighted by Gasteiger charge is -2.09. The molecule has 0 aliphatic carbocycles. The molecule has 1 aromatic rings. The minimum atomic E-state index is 0.396. The van der Waals surface area contributed by atoms with E-state index in [9.17, 15) is 0 Å². The first-order valence-electron chi connectivity index (χ1n) is 3.40. The molecule has 0 amide bonds. The lowest BCUT2D eigenvalue weighted by molar-refractivity contribution is 0.349. The molecule has 0 saturated heterocycles. The summed E-state index contributed by atoms with van der Waals surface area (Å²) in [5.74, 6) is 0.691. The van der Waals surface area contributed by atoms with Crippen molar-refractivity contribution in [2.45, 2.75) is 0 Å². The zero-order valence-electron chi connectivity index (χ0n) is 6.14. The molecule has 0 spiro atoms. The normalized spacial score (nSPS) is 14.9. The van der Waals surface area contributed by atoms with Gasteiger partial charge in [0.2, 0.25) is 0 Å². The van der Waals surface area contributed by atoms with Crippen molar-refractivity contribution in [1.82, 2.24) is 4.98 Å². The van der Waals surface area contributed by atoms with Crippen LogP contribution in [0, 0.1) is 0 Å². The van der Waals surface area contributed by atoms with Gasteiger partial charge in [0.1, 0.15) is 5.15 Å². The van der Waals surface area contributed by atoms with E-state index in [1.54, 1.807) is 11.1 Å². The van der Waals surface area contributed by atoms with Crippen molar-refractivity contribution in [3.8, 4) is 0 Å². The Hall–Kier alpha value is -1.29. The van der Waals surface area contributed by atoms with E-state index >= 15 is 0 Å². The first-order valence-corrected chi connectivity index (χ1v) is 3.78. The maximum Gasteiger partial charge on any atom is 0.195 e. The molecular formula is C7H6ClN3O. The number of rotatable bonds is 1. The zero-order valence-corrected chi connectivity index (χ0v) is 6.90. The number of ether oxygens (including phenoxy) is 1. The Labute approximate surface area is 74.4 Å². The summed E-state index contributed by atoms with van der Waals surface area (Å²) in [6.45, 7) is 0.396. The molecule has 2 heterocycles. The van der Waals surface area contributed by atoms with Gasteiger partial charge >= 0.3 is 0 Å². The number of hydrogen-bond donors (Lipinski definition) is 0. The summed E-state index contributed by atoms with van der Waals surface area (Å²) in [5.41, 5.74) is 0. The second-order valence-corrected chi connectivity index (χ2v) is 2.62.